The summed E-state index contributed by atoms with van der Waals surface area (Å²) in [6.45, 7) is 6.13. The molecule has 2 aromatic carbocycles. The summed E-state index contributed by atoms with van der Waals surface area (Å²) >= 11 is 1.05. The van der Waals surface area contributed by atoms with E-state index in [0.29, 0.717) is 4.88 Å². The van der Waals surface area contributed by atoms with Gasteiger partial charge in [-0.25, -0.2) is 13.2 Å². The molecule has 3 rings (SSSR count). The fourth-order valence-electron chi connectivity index (χ4n) is 2.68. The summed E-state index contributed by atoms with van der Waals surface area (Å²) in [6, 6.07) is 17.4. The first kappa shape index (κ1) is 20.9. The quantitative estimate of drug-likeness (QED) is 0.515. The molecule has 0 amide bonds. The average molecular weight is 432 g/mol. The molecule has 6 nitrogen and oxygen atoms in total. The van der Waals surface area contributed by atoms with Gasteiger partial charge in [-0.15, -0.1) is 0 Å². The van der Waals surface area contributed by atoms with Crippen LogP contribution in [0.4, 0.5) is 10.5 Å². The molecule has 0 unspecified atom stereocenters. The van der Waals surface area contributed by atoms with E-state index >= 15 is 0 Å². The summed E-state index contributed by atoms with van der Waals surface area (Å²) in [7, 11) is -3.92. The predicted octanol–water partition coefficient (Wildman–Crippen LogP) is 5.57. The fraction of sp³-hybridized carbons (Fsp3) is 0.190. The molecule has 0 saturated carbocycles. The molecular formula is C21H21NO5S2. The second-order valence-electron chi connectivity index (χ2n) is 7.43. The normalized spacial score (nSPS) is 11.8. The molecule has 0 bridgehead atoms. The van der Waals surface area contributed by atoms with Crippen LogP contribution in [0.3, 0.4) is 0 Å². The van der Waals surface area contributed by atoms with Gasteiger partial charge >= 0.3 is 6.16 Å². The van der Waals surface area contributed by atoms with Gasteiger partial charge in [-0.05, 0) is 34.7 Å². The zero-order valence-corrected chi connectivity index (χ0v) is 17.8. The standard InChI is InChI=1S/C21H21NO5S2/c1-21(2,3)15-9-11-16(12-10-15)29(25,26)22-17-13-18(14-7-5-4-6-8-14)28-19(17)27-20(23)24/h4-13,22H,1-3H3,(H,23,24). The van der Waals surface area contributed by atoms with Crippen molar-refractivity contribution < 1.29 is 23.1 Å². The highest BCUT2D eigenvalue weighted by atomic mass is 32.2. The Labute approximate surface area is 173 Å². The van der Waals surface area contributed by atoms with Crippen LogP contribution in [0.25, 0.3) is 10.4 Å². The van der Waals surface area contributed by atoms with Crippen molar-refractivity contribution in [1.29, 1.82) is 0 Å². The molecule has 1 heterocycles. The molecule has 0 fully saturated rings. The summed E-state index contributed by atoms with van der Waals surface area (Å²) in [6.07, 6.45) is -1.51. The summed E-state index contributed by atoms with van der Waals surface area (Å²) in [5, 5.41) is 8.96. The molecule has 0 spiro atoms. The smallest absolute Gasteiger partial charge is 0.449 e. The molecular weight excluding hydrogens is 410 g/mol. The van der Waals surface area contributed by atoms with Gasteiger partial charge in [-0.1, -0.05) is 74.6 Å². The lowest BCUT2D eigenvalue weighted by Crippen LogP contribution is -2.15. The fourth-order valence-corrected chi connectivity index (χ4v) is 4.76. The highest BCUT2D eigenvalue weighted by molar-refractivity contribution is 7.92. The molecule has 152 valence electrons. The lowest BCUT2D eigenvalue weighted by Gasteiger charge is -2.19. The van der Waals surface area contributed by atoms with Crippen molar-refractivity contribution >= 4 is 33.2 Å². The maximum atomic E-state index is 12.8. The van der Waals surface area contributed by atoms with Gasteiger partial charge in [0.25, 0.3) is 10.0 Å². The third-order valence-corrected chi connectivity index (χ3v) is 6.65. The van der Waals surface area contributed by atoms with Crippen molar-refractivity contribution in [3.63, 3.8) is 0 Å². The molecule has 0 aliphatic carbocycles. The highest BCUT2D eigenvalue weighted by Crippen LogP contribution is 2.41. The number of rotatable bonds is 5. The summed E-state index contributed by atoms with van der Waals surface area (Å²) in [5.41, 5.74) is 1.81. The van der Waals surface area contributed by atoms with Crippen LogP contribution in [0.15, 0.2) is 65.6 Å². The first-order valence-corrected chi connectivity index (χ1v) is 11.1. The van der Waals surface area contributed by atoms with Gasteiger partial charge < -0.3 is 9.84 Å². The van der Waals surface area contributed by atoms with Crippen LogP contribution in [0, 0.1) is 0 Å². The SMILES string of the molecule is CC(C)(C)c1ccc(S(=O)(=O)Nc2cc(-c3ccccc3)sc2OC(=O)O)cc1. The number of benzene rings is 2. The van der Waals surface area contributed by atoms with Crippen LogP contribution in [0.2, 0.25) is 0 Å². The molecule has 8 heteroatoms. The second kappa shape index (κ2) is 7.88. The van der Waals surface area contributed by atoms with Crippen molar-refractivity contribution in [2.45, 2.75) is 31.1 Å². The van der Waals surface area contributed by atoms with Crippen LogP contribution in [-0.2, 0) is 15.4 Å². The average Bonchev–Trinajstić information content (AvgIpc) is 3.03. The van der Waals surface area contributed by atoms with Crippen LogP contribution >= 0.6 is 11.3 Å². The monoisotopic (exact) mass is 431 g/mol. The lowest BCUT2D eigenvalue weighted by atomic mass is 9.87. The number of anilines is 1. The summed E-state index contributed by atoms with van der Waals surface area (Å²) in [4.78, 5) is 11.8. The van der Waals surface area contributed by atoms with Gasteiger partial charge in [0, 0.05) is 4.88 Å². The maximum Gasteiger partial charge on any atom is 0.512 e. The topological polar surface area (TPSA) is 92.7 Å². The van der Waals surface area contributed by atoms with E-state index in [4.69, 9.17) is 9.84 Å². The minimum atomic E-state index is -3.92. The van der Waals surface area contributed by atoms with Crippen molar-refractivity contribution in [3.8, 4) is 15.5 Å². The highest BCUT2D eigenvalue weighted by Gasteiger charge is 2.22. The summed E-state index contributed by atoms with van der Waals surface area (Å²) < 4.78 is 32.9. The third kappa shape index (κ3) is 4.96. The zero-order chi connectivity index (χ0) is 21.2. The van der Waals surface area contributed by atoms with Crippen molar-refractivity contribution in [2.24, 2.45) is 0 Å². The number of hydrogen-bond donors (Lipinski definition) is 2. The number of carboxylic acid groups (broad SMARTS) is 1. The van der Waals surface area contributed by atoms with Gasteiger partial charge in [0.05, 0.1) is 4.90 Å². The van der Waals surface area contributed by atoms with E-state index in [0.717, 1.165) is 22.5 Å². The van der Waals surface area contributed by atoms with Crippen molar-refractivity contribution in [1.82, 2.24) is 0 Å². The Bertz CT molecular complexity index is 1110. The molecule has 0 aliphatic rings. The minimum Gasteiger partial charge on any atom is -0.449 e. The largest absolute Gasteiger partial charge is 0.512 e. The van der Waals surface area contributed by atoms with Crippen molar-refractivity contribution in [2.75, 3.05) is 4.72 Å². The van der Waals surface area contributed by atoms with Gasteiger partial charge in [0.2, 0.25) is 5.06 Å². The summed E-state index contributed by atoms with van der Waals surface area (Å²) in [5.74, 6) is 0. The van der Waals surface area contributed by atoms with Crippen LogP contribution in [0.5, 0.6) is 5.06 Å². The Hall–Kier alpha value is -2.84. The van der Waals surface area contributed by atoms with Gasteiger partial charge in [-0.3, -0.25) is 4.72 Å². The Morgan fingerprint density at radius 1 is 1.03 bits per heavy atom. The first-order valence-electron chi connectivity index (χ1n) is 8.80. The molecule has 0 atom stereocenters. The van der Waals surface area contributed by atoms with Crippen LogP contribution in [-0.4, -0.2) is 19.7 Å². The molecule has 0 saturated heterocycles. The van der Waals surface area contributed by atoms with E-state index in [2.05, 4.69) is 4.72 Å². The molecule has 3 aromatic rings. The van der Waals surface area contributed by atoms with E-state index in [1.807, 2.05) is 51.1 Å². The van der Waals surface area contributed by atoms with Crippen molar-refractivity contribution in [3.05, 3.63) is 66.2 Å². The molecule has 1 aromatic heterocycles. The van der Waals surface area contributed by atoms with E-state index in [1.165, 1.54) is 12.1 Å². The number of nitrogens with one attached hydrogen (secondary N) is 1. The van der Waals surface area contributed by atoms with Crippen LogP contribution in [0.1, 0.15) is 26.3 Å². The maximum absolute atomic E-state index is 12.8. The van der Waals surface area contributed by atoms with E-state index in [1.54, 1.807) is 18.2 Å². The van der Waals surface area contributed by atoms with E-state index in [-0.39, 0.29) is 21.1 Å². The molecule has 0 aliphatic heterocycles. The Balaban J connectivity index is 1.95. The Morgan fingerprint density at radius 3 is 2.21 bits per heavy atom. The molecule has 2 N–H and O–H groups in total. The Morgan fingerprint density at radius 2 is 1.66 bits per heavy atom. The third-order valence-electron chi connectivity index (χ3n) is 4.21. The predicted molar refractivity (Wildman–Crippen MR) is 114 cm³/mol. The lowest BCUT2D eigenvalue weighted by molar-refractivity contribution is 0.146. The number of thiophene rings is 1. The van der Waals surface area contributed by atoms with Crippen LogP contribution < -0.4 is 9.46 Å². The van der Waals surface area contributed by atoms with Gasteiger partial charge in [0.15, 0.2) is 0 Å². The van der Waals surface area contributed by atoms with E-state index < -0.39 is 16.2 Å². The number of sulfonamides is 1. The molecule has 29 heavy (non-hydrogen) atoms. The van der Waals surface area contributed by atoms with Gasteiger partial charge in [0.1, 0.15) is 5.69 Å². The zero-order valence-electron chi connectivity index (χ0n) is 16.2. The minimum absolute atomic E-state index is 0.0359. The molecule has 0 radical (unpaired) electrons. The first-order chi connectivity index (χ1) is 13.6. The number of carbonyl (C=O) groups is 1. The second-order valence-corrected chi connectivity index (χ2v) is 10.1. The number of hydrogen-bond acceptors (Lipinski definition) is 5. The van der Waals surface area contributed by atoms with E-state index in [9.17, 15) is 13.2 Å². The number of ether oxygens (including phenoxy) is 1. The Kier molecular flexibility index (Phi) is 5.68. The van der Waals surface area contributed by atoms with Gasteiger partial charge in [-0.2, -0.15) is 0 Å².